The van der Waals surface area contributed by atoms with Crippen molar-refractivity contribution in [3.05, 3.63) is 96.6 Å². The van der Waals surface area contributed by atoms with Gasteiger partial charge in [-0.05, 0) is 75.9 Å². The first-order valence-electron chi connectivity index (χ1n) is 19.5. The van der Waals surface area contributed by atoms with Crippen LogP contribution in [-0.4, -0.2) is 51.8 Å². The molecule has 0 amide bonds. The second-order valence-corrected chi connectivity index (χ2v) is 16.8. The molecule has 0 fully saturated rings. The van der Waals surface area contributed by atoms with Gasteiger partial charge in [0.1, 0.15) is 5.82 Å². The monoisotopic (exact) mass is 807 g/mol. The number of benzene rings is 4. The van der Waals surface area contributed by atoms with Crippen molar-refractivity contribution in [3.8, 4) is 0 Å². The highest BCUT2D eigenvalue weighted by Gasteiger charge is 2.30. The van der Waals surface area contributed by atoms with Crippen molar-refractivity contribution >= 4 is 94.3 Å². The molecular formula is C43H47N6O6S2-. The fourth-order valence-corrected chi connectivity index (χ4v) is 9.76. The van der Waals surface area contributed by atoms with Crippen LogP contribution in [0.4, 0.5) is 11.4 Å². The topological polar surface area (TPSA) is 124 Å². The van der Waals surface area contributed by atoms with Gasteiger partial charge < -0.3 is 28.7 Å². The molecule has 0 aliphatic carbocycles. The first-order chi connectivity index (χ1) is 27.6. The highest BCUT2D eigenvalue weighted by molar-refractivity contribution is 7.94. The molecule has 8 rings (SSSR count). The number of hydrogen-bond acceptors (Lipinski definition) is 9. The number of unbranched alkanes of at least 4 members (excludes halogenated alkanes) is 2. The Morgan fingerprint density at radius 3 is 2.05 bits per heavy atom. The molecule has 1 aliphatic rings. The number of allylic oxidation sites excluding steroid dienone is 2. The molecule has 298 valence electrons. The summed E-state index contributed by atoms with van der Waals surface area (Å²) in [5.41, 5.74) is 9.19. The molecule has 1 aliphatic heterocycles. The molecule has 0 radical (unpaired) electrons. The van der Waals surface area contributed by atoms with E-state index in [-0.39, 0.29) is 5.75 Å². The van der Waals surface area contributed by atoms with Crippen LogP contribution in [0.2, 0.25) is 0 Å². The van der Waals surface area contributed by atoms with Crippen molar-refractivity contribution in [2.45, 2.75) is 59.2 Å². The van der Waals surface area contributed by atoms with Crippen LogP contribution in [-0.2, 0) is 46.2 Å². The smallest absolute Gasteiger partial charge is 0.282 e. The van der Waals surface area contributed by atoms with Gasteiger partial charge in [-0.2, -0.15) is 4.33 Å². The lowest BCUT2D eigenvalue weighted by Gasteiger charge is -2.20. The van der Waals surface area contributed by atoms with Gasteiger partial charge in [0.2, 0.25) is 0 Å². The summed E-state index contributed by atoms with van der Waals surface area (Å²) in [4.78, 5) is 4.65. The van der Waals surface area contributed by atoms with E-state index in [2.05, 4.69) is 144 Å². The summed E-state index contributed by atoms with van der Waals surface area (Å²) in [5.74, 6) is 2.51. The zero-order chi connectivity index (χ0) is 39.8. The summed E-state index contributed by atoms with van der Waals surface area (Å²) in [5, 5.41) is 18.4. The fourth-order valence-electron chi connectivity index (χ4n) is 8.77. The van der Waals surface area contributed by atoms with Crippen LogP contribution in [0.5, 0.6) is 0 Å². The van der Waals surface area contributed by atoms with Crippen LogP contribution >= 0.6 is 12.0 Å². The van der Waals surface area contributed by atoms with Crippen LogP contribution in [0, 0.1) is 0 Å². The third-order valence-electron chi connectivity index (χ3n) is 11.4. The lowest BCUT2D eigenvalue weighted by Crippen LogP contribution is -2.31. The molecule has 57 heavy (non-hydrogen) atoms. The lowest BCUT2D eigenvalue weighted by molar-refractivity contribution is -0.777. The normalized spacial score (nSPS) is 14.4. The van der Waals surface area contributed by atoms with Crippen LogP contribution < -0.4 is 19.6 Å². The molecule has 12 nitrogen and oxygen atoms in total. The number of aromatic nitrogens is 4. The maximum absolute atomic E-state index is 11.3. The average molecular weight is 808 g/mol. The predicted molar refractivity (Wildman–Crippen MR) is 227 cm³/mol. The van der Waals surface area contributed by atoms with E-state index in [4.69, 9.17) is 0 Å². The zero-order valence-electron chi connectivity index (χ0n) is 32.7. The molecule has 14 heteroatoms. The van der Waals surface area contributed by atoms with Crippen molar-refractivity contribution < 1.29 is 32.2 Å². The maximum Gasteiger partial charge on any atom is 0.282 e. The molecule has 0 atom stereocenters. The molecule has 0 saturated heterocycles. The third kappa shape index (κ3) is 7.19. The third-order valence-corrected chi connectivity index (χ3v) is 12.8. The van der Waals surface area contributed by atoms with E-state index in [0.717, 1.165) is 89.0 Å². The largest absolute Gasteiger partial charge is 0.748 e. The van der Waals surface area contributed by atoms with Crippen LogP contribution in [0.3, 0.4) is 0 Å². The summed E-state index contributed by atoms with van der Waals surface area (Å²) < 4.78 is 47.5. The average Bonchev–Trinajstić information content (AvgIpc) is 3.86. The minimum Gasteiger partial charge on any atom is -0.748 e. The number of nitrogens with zero attached hydrogens (tertiary/aromatic N) is 6. The van der Waals surface area contributed by atoms with E-state index in [0.29, 0.717) is 25.1 Å². The number of aryl methyl sites for hydroxylation is 4. The molecule has 0 unspecified atom stereocenters. The molecule has 0 spiro atoms. The lowest BCUT2D eigenvalue weighted by atomic mass is 10.1. The van der Waals surface area contributed by atoms with Gasteiger partial charge in [0, 0.05) is 95.0 Å². The van der Waals surface area contributed by atoms with Gasteiger partial charge in [-0.1, -0.05) is 42.5 Å². The van der Waals surface area contributed by atoms with E-state index in [1.54, 1.807) is 0 Å². The number of fused-ring (bicyclic) bond motifs is 8. The first kappa shape index (κ1) is 39.0. The minimum absolute atomic E-state index is 0.329. The Labute approximate surface area is 336 Å². The van der Waals surface area contributed by atoms with Crippen LogP contribution in [0.25, 0.3) is 60.7 Å². The molecule has 0 N–H and O–H groups in total. The van der Waals surface area contributed by atoms with E-state index < -0.39 is 10.1 Å². The standard InChI is InChI=1S/C43H48N6O6S2/c1-5-46-40-28-36-32(30-16-7-9-18-34(30)48(36)22-11-13-24-56-55-54-50)26-38(40)44(3)42(46)20-15-21-43-45(4)39-27-33-31-17-8-10-19-35(31)49(23-12-14-25-57(51,52)53)37(33)29-41(39)47(43)6-2/h7-10,15-21,26-29H,5-6,11-14,22-25H2,1-4H3,(H-,50,51,52,53)/p-1. The summed E-state index contributed by atoms with van der Waals surface area (Å²) >= 11 is 1.04. The predicted octanol–water partition coefficient (Wildman–Crippen LogP) is 7.51. The van der Waals surface area contributed by atoms with Gasteiger partial charge in [0.05, 0.1) is 46.1 Å². The molecule has 7 aromatic rings. The van der Waals surface area contributed by atoms with Gasteiger partial charge >= 0.3 is 0 Å². The quantitative estimate of drug-likeness (QED) is 0.0244. The minimum atomic E-state index is -4.24. The molecule has 0 bridgehead atoms. The van der Waals surface area contributed by atoms with Crippen molar-refractivity contribution in [2.75, 3.05) is 34.9 Å². The van der Waals surface area contributed by atoms with Crippen molar-refractivity contribution in [3.63, 3.8) is 0 Å². The summed E-state index contributed by atoms with van der Waals surface area (Å²) in [6.45, 7) is 7.40. The van der Waals surface area contributed by atoms with Crippen molar-refractivity contribution in [2.24, 2.45) is 7.05 Å². The molecular weight excluding hydrogens is 761 g/mol. The van der Waals surface area contributed by atoms with E-state index >= 15 is 0 Å². The molecule has 0 saturated carbocycles. The van der Waals surface area contributed by atoms with E-state index in [1.807, 2.05) is 12.1 Å². The van der Waals surface area contributed by atoms with E-state index in [1.165, 1.54) is 33.2 Å². The van der Waals surface area contributed by atoms with Gasteiger partial charge in [-0.25, -0.2) is 17.6 Å². The van der Waals surface area contributed by atoms with Gasteiger partial charge in [0.15, 0.2) is 11.0 Å². The summed E-state index contributed by atoms with van der Waals surface area (Å²) in [6.07, 6.45) is 9.28. The number of anilines is 2. The summed E-state index contributed by atoms with van der Waals surface area (Å²) in [6, 6.07) is 26.1. The Bertz CT molecular complexity index is 2800. The fraction of sp³-hybridized carbons (Fsp3) is 0.326. The highest BCUT2D eigenvalue weighted by atomic mass is 32.2. The Balaban J connectivity index is 1.13. The zero-order valence-corrected chi connectivity index (χ0v) is 34.3. The Morgan fingerprint density at radius 1 is 0.754 bits per heavy atom. The number of rotatable bonds is 16. The second-order valence-electron chi connectivity index (χ2n) is 14.5. The first-order valence-corrected chi connectivity index (χ1v) is 22.0. The number of para-hydroxylation sites is 2. The van der Waals surface area contributed by atoms with Crippen molar-refractivity contribution in [1.29, 1.82) is 0 Å². The Hall–Kier alpha value is -4.83. The summed E-state index contributed by atoms with van der Waals surface area (Å²) in [7, 11) is 0.0119. The Morgan fingerprint density at radius 2 is 1.40 bits per heavy atom. The molecule has 3 aromatic heterocycles. The highest BCUT2D eigenvalue weighted by Crippen LogP contribution is 2.45. The van der Waals surface area contributed by atoms with Crippen LogP contribution in [0.15, 0.2) is 90.8 Å². The van der Waals surface area contributed by atoms with Gasteiger partial charge in [-0.3, -0.25) is 5.04 Å². The second kappa shape index (κ2) is 16.2. The van der Waals surface area contributed by atoms with Gasteiger partial charge in [0.25, 0.3) is 5.82 Å². The maximum atomic E-state index is 11.3. The van der Waals surface area contributed by atoms with Crippen molar-refractivity contribution in [1.82, 2.24) is 13.7 Å². The van der Waals surface area contributed by atoms with Crippen LogP contribution in [0.1, 0.15) is 45.4 Å². The van der Waals surface area contributed by atoms with E-state index in [9.17, 15) is 18.2 Å². The van der Waals surface area contributed by atoms with Gasteiger partial charge in [-0.15, -0.1) is 0 Å². The number of hydrogen-bond donors (Lipinski definition) is 0. The molecule has 4 aromatic carbocycles. The number of imidazole rings is 1. The SMILES string of the molecule is CCN1C(=CC=Cc2n(CC)c3cc4c(cc3[n+]2C)c2ccccc2n4CCCCS(=O)(=O)[O-])N(C)c2cc3c4ccccc4n(CCCCSOO[O-])c3cc21. The Kier molecular flexibility index (Phi) is 11.1. The molecule has 4 heterocycles.